The van der Waals surface area contributed by atoms with E-state index in [0.717, 1.165) is 30.8 Å². The van der Waals surface area contributed by atoms with Gasteiger partial charge in [-0.1, -0.05) is 48.9 Å². The van der Waals surface area contributed by atoms with Crippen molar-refractivity contribution in [2.24, 2.45) is 0 Å². The maximum atomic E-state index is 5.50. The lowest BCUT2D eigenvalue weighted by Gasteiger charge is -2.14. The van der Waals surface area contributed by atoms with Crippen molar-refractivity contribution >= 4 is 0 Å². The summed E-state index contributed by atoms with van der Waals surface area (Å²) in [5.74, 6) is 0.926. The number of para-hydroxylation sites is 1. The summed E-state index contributed by atoms with van der Waals surface area (Å²) in [5.41, 5.74) is 5.00. The van der Waals surface area contributed by atoms with Crippen LogP contribution in [0.4, 0.5) is 0 Å². The minimum Gasteiger partial charge on any atom is -0.496 e. The minimum atomic E-state index is 0.890. The summed E-state index contributed by atoms with van der Waals surface area (Å²) in [6.45, 7) is 6.24. The fourth-order valence-corrected chi connectivity index (χ4v) is 2.36. The number of benzene rings is 2. The second kappa shape index (κ2) is 7.11. The molecular formula is C18H23NO. The van der Waals surface area contributed by atoms with Gasteiger partial charge >= 0.3 is 0 Å². The molecule has 2 aromatic rings. The van der Waals surface area contributed by atoms with Gasteiger partial charge in [0, 0.05) is 12.1 Å². The molecule has 2 heteroatoms. The number of hydrogen-bond donors (Lipinski definition) is 1. The summed E-state index contributed by atoms with van der Waals surface area (Å²) in [7, 11) is 1.73. The molecule has 0 radical (unpaired) electrons. The first-order chi connectivity index (χ1) is 9.76. The maximum absolute atomic E-state index is 5.50. The summed E-state index contributed by atoms with van der Waals surface area (Å²) >= 11 is 0. The lowest BCUT2D eigenvalue weighted by atomic mass is 9.96. The fourth-order valence-electron chi connectivity index (χ4n) is 2.36. The molecule has 0 bridgehead atoms. The molecule has 106 valence electrons. The highest BCUT2D eigenvalue weighted by Gasteiger charge is 2.09. The molecule has 0 aromatic heterocycles. The van der Waals surface area contributed by atoms with Crippen molar-refractivity contribution in [2.75, 3.05) is 13.7 Å². The van der Waals surface area contributed by atoms with Crippen LogP contribution in [0.1, 0.15) is 24.5 Å². The Morgan fingerprint density at radius 2 is 1.85 bits per heavy atom. The highest BCUT2D eigenvalue weighted by molar-refractivity contribution is 5.74. The molecule has 0 aliphatic rings. The zero-order valence-electron chi connectivity index (χ0n) is 12.6. The van der Waals surface area contributed by atoms with Crippen molar-refractivity contribution < 1.29 is 4.74 Å². The molecule has 0 unspecified atom stereocenters. The van der Waals surface area contributed by atoms with Gasteiger partial charge in [0.2, 0.25) is 0 Å². The number of aryl methyl sites for hydroxylation is 1. The second-order valence-electron chi connectivity index (χ2n) is 5.04. The Hall–Kier alpha value is -1.80. The van der Waals surface area contributed by atoms with E-state index >= 15 is 0 Å². The molecule has 0 saturated heterocycles. The Labute approximate surface area is 121 Å². The van der Waals surface area contributed by atoms with Crippen LogP contribution in [0.3, 0.4) is 0 Å². The van der Waals surface area contributed by atoms with E-state index in [4.69, 9.17) is 4.74 Å². The zero-order chi connectivity index (χ0) is 14.4. The minimum absolute atomic E-state index is 0.890. The molecule has 1 N–H and O–H groups in total. The van der Waals surface area contributed by atoms with Gasteiger partial charge in [-0.05, 0) is 37.1 Å². The number of rotatable bonds is 6. The molecule has 2 rings (SSSR count). The van der Waals surface area contributed by atoms with E-state index in [1.54, 1.807) is 7.11 Å². The molecule has 0 heterocycles. The lowest BCUT2D eigenvalue weighted by Crippen LogP contribution is -2.14. The van der Waals surface area contributed by atoms with Gasteiger partial charge in [0.25, 0.3) is 0 Å². The van der Waals surface area contributed by atoms with E-state index in [1.165, 1.54) is 16.7 Å². The Bertz CT molecular complexity index is 563. The largest absolute Gasteiger partial charge is 0.496 e. The van der Waals surface area contributed by atoms with Crippen LogP contribution in [-0.4, -0.2) is 13.7 Å². The van der Waals surface area contributed by atoms with E-state index in [2.05, 4.69) is 49.5 Å². The van der Waals surface area contributed by atoms with Gasteiger partial charge in [-0.15, -0.1) is 0 Å². The van der Waals surface area contributed by atoms with Gasteiger partial charge in [-0.25, -0.2) is 0 Å². The predicted molar refractivity (Wildman–Crippen MR) is 85.2 cm³/mol. The quantitative estimate of drug-likeness (QED) is 0.795. The molecule has 0 saturated carbocycles. The van der Waals surface area contributed by atoms with Crippen molar-refractivity contribution in [1.82, 2.24) is 5.32 Å². The average molecular weight is 269 g/mol. The molecule has 0 atom stereocenters. The molecule has 2 aromatic carbocycles. The van der Waals surface area contributed by atoms with Gasteiger partial charge < -0.3 is 10.1 Å². The molecule has 0 spiro atoms. The second-order valence-corrected chi connectivity index (χ2v) is 5.04. The van der Waals surface area contributed by atoms with Crippen molar-refractivity contribution in [2.45, 2.75) is 26.8 Å². The monoisotopic (exact) mass is 269 g/mol. The fraction of sp³-hybridized carbons (Fsp3) is 0.333. The van der Waals surface area contributed by atoms with Crippen LogP contribution in [0.15, 0.2) is 42.5 Å². The summed E-state index contributed by atoms with van der Waals surface area (Å²) in [5, 5.41) is 3.48. The molecule has 20 heavy (non-hydrogen) atoms. The topological polar surface area (TPSA) is 21.3 Å². The van der Waals surface area contributed by atoms with Crippen molar-refractivity contribution in [3.63, 3.8) is 0 Å². The van der Waals surface area contributed by atoms with Crippen molar-refractivity contribution in [3.05, 3.63) is 53.6 Å². The smallest absolute Gasteiger partial charge is 0.126 e. The van der Waals surface area contributed by atoms with Crippen molar-refractivity contribution in [3.8, 4) is 16.9 Å². The Morgan fingerprint density at radius 3 is 2.60 bits per heavy atom. The standard InChI is InChI=1S/C18H23NO/c1-4-11-19-13-15-10-9-14(2)12-17(15)16-7-5-6-8-18(16)20-3/h5-10,12,19H,4,11,13H2,1-3H3. The third-order valence-electron chi connectivity index (χ3n) is 3.40. The summed E-state index contributed by atoms with van der Waals surface area (Å²) in [4.78, 5) is 0. The van der Waals surface area contributed by atoms with Gasteiger partial charge in [-0.3, -0.25) is 0 Å². The van der Waals surface area contributed by atoms with Crippen LogP contribution in [0, 0.1) is 6.92 Å². The third-order valence-corrected chi connectivity index (χ3v) is 3.40. The van der Waals surface area contributed by atoms with E-state index in [9.17, 15) is 0 Å². The van der Waals surface area contributed by atoms with Crippen LogP contribution in [0.2, 0.25) is 0 Å². The van der Waals surface area contributed by atoms with Crippen LogP contribution >= 0.6 is 0 Å². The summed E-state index contributed by atoms with van der Waals surface area (Å²) in [6.07, 6.45) is 1.15. The molecule has 0 aliphatic heterocycles. The first-order valence-corrected chi connectivity index (χ1v) is 7.20. The number of nitrogens with one attached hydrogen (secondary N) is 1. The normalized spacial score (nSPS) is 10.6. The van der Waals surface area contributed by atoms with Crippen LogP contribution in [0.5, 0.6) is 5.75 Å². The van der Waals surface area contributed by atoms with E-state index in [1.807, 2.05) is 12.1 Å². The average Bonchev–Trinajstić information content (AvgIpc) is 2.49. The highest BCUT2D eigenvalue weighted by Crippen LogP contribution is 2.32. The molecule has 0 fully saturated rings. The van der Waals surface area contributed by atoms with Crippen LogP contribution in [-0.2, 0) is 6.54 Å². The predicted octanol–water partition coefficient (Wildman–Crippen LogP) is 4.17. The van der Waals surface area contributed by atoms with E-state index in [0.29, 0.717) is 0 Å². The zero-order valence-corrected chi connectivity index (χ0v) is 12.6. The Kier molecular flexibility index (Phi) is 5.19. The lowest BCUT2D eigenvalue weighted by molar-refractivity contribution is 0.416. The molecule has 0 amide bonds. The van der Waals surface area contributed by atoms with Gasteiger partial charge in [0.1, 0.15) is 5.75 Å². The molecule has 0 aliphatic carbocycles. The number of hydrogen-bond acceptors (Lipinski definition) is 2. The Balaban J connectivity index is 2.40. The summed E-state index contributed by atoms with van der Waals surface area (Å²) in [6, 6.07) is 14.8. The van der Waals surface area contributed by atoms with Gasteiger partial charge in [0.15, 0.2) is 0 Å². The number of methoxy groups -OCH3 is 1. The maximum Gasteiger partial charge on any atom is 0.126 e. The van der Waals surface area contributed by atoms with E-state index < -0.39 is 0 Å². The summed E-state index contributed by atoms with van der Waals surface area (Å²) < 4.78 is 5.50. The SMILES string of the molecule is CCCNCc1ccc(C)cc1-c1ccccc1OC. The van der Waals surface area contributed by atoms with E-state index in [-0.39, 0.29) is 0 Å². The van der Waals surface area contributed by atoms with Crippen LogP contribution < -0.4 is 10.1 Å². The Morgan fingerprint density at radius 1 is 1.05 bits per heavy atom. The van der Waals surface area contributed by atoms with Gasteiger partial charge in [0.05, 0.1) is 7.11 Å². The van der Waals surface area contributed by atoms with Gasteiger partial charge in [-0.2, -0.15) is 0 Å². The highest BCUT2D eigenvalue weighted by atomic mass is 16.5. The number of ether oxygens (including phenoxy) is 1. The molecule has 2 nitrogen and oxygen atoms in total. The first-order valence-electron chi connectivity index (χ1n) is 7.20. The first kappa shape index (κ1) is 14.6. The van der Waals surface area contributed by atoms with Crippen molar-refractivity contribution in [1.29, 1.82) is 0 Å². The molecular weight excluding hydrogens is 246 g/mol. The van der Waals surface area contributed by atoms with Crippen LogP contribution in [0.25, 0.3) is 11.1 Å². The third kappa shape index (κ3) is 3.40.